The summed E-state index contributed by atoms with van der Waals surface area (Å²) in [7, 11) is -3.72. The van der Waals surface area contributed by atoms with Crippen molar-refractivity contribution in [2.75, 3.05) is 16.2 Å². The zero-order valence-corrected chi connectivity index (χ0v) is 16.3. The number of fused-ring (bicyclic) bond motifs is 1. The van der Waals surface area contributed by atoms with Crippen LogP contribution in [0.4, 0.5) is 11.4 Å². The van der Waals surface area contributed by atoms with Crippen LogP contribution in [-0.2, 0) is 21.2 Å². The summed E-state index contributed by atoms with van der Waals surface area (Å²) in [4.78, 5) is 14.4. The van der Waals surface area contributed by atoms with Crippen LogP contribution in [0, 0.1) is 5.92 Å². The zero-order valence-electron chi connectivity index (χ0n) is 14.7. The van der Waals surface area contributed by atoms with E-state index in [1.807, 2.05) is 19.9 Å². The first-order valence-electron chi connectivity index (χ1n) is 8.50. The number of carbonyl (C=O) groups excluding carboxylic acids is 1. The number of carbonyl (C=O) groups is 1. The standard InChI is InChI=1S/C19H21ClN2O3S/c1-13(2)19(23)22-11-3-4-14-5-8-16(12-18(14)22)21-26(24,25)17-9-6-15(20)7-10-17/h5-10,12-13,21H,3-4,11H2,1-2H3. The Morgan fingerprint density at radius 3 is 2.50 bits per heavy atom. The third kappa shape index (κ3) is 3.86. The second-order valence-corrected chi connectivity index (χ2v) is 8.77. The molecular weight excluding hydrogens is 372 g/mol. The molecule has 0 aliphatic carbocycles. The molecule has 1 aliphatic rings. The molecule has 3 rings (SSSR count). The fraction of sp³-hybridized carbons (Fsp3) is 0.316. The van der Waals surface area contributed by atoms with Gasteiger partial charge in [-0.25, -0.2) is 8.42 Å². The van der Waals surface area contributed by atoms with Crippen LogP contribution in [0.15, 0.2) is 47.4 Å². The summed E-state index contributed by atoms with van der Waals surface area (Å²) in [5.41, 5.74) is 2.27. The van der Waals surface area contributed by atoms with E-state index in [0.29, 0.717) is 17.3 Å². The number of anilines is 2. The molecule has 2 aromatic rings. The molecule has 0 aromatic heterocycles. The Balaban J connectivity index is 1.92. The number of nitrogens with one attached hydrogen (secondary N) is 1. The van der Waals surface area contributed by atoms with Gasteiger partial charge in [0, 0.05) is 23.2 Å². The summed E-state index contributed by atoms with van der Waals surface area (Å²) >= 11 is 5.82. The van der Waals surface area contributed by atoms with E-state index in [1.165, 1.54) is 24.3 Å². The molecule has 1 aliphatic heterocycles. The number of sulfonamides is 1. The first kappa shape index (κ1) is 18.7. The van der Waals surface area contributed by atoms with E-state index in [4.69, 9.17) is 11.6 Å². The average molecular weight is 393 g/mol. The Labute approximate surface area is 159 Å². The highest BCUT2D eigenvalue weighted by molar-refractivity contribution is 7.92. The van der Waals surface area contributed by atoms with Crippen molar-refractivity contribution in [3.8, 4) is 0 Å². The molecule has 0 atom stereocenters. The molecule has 0 spiro atoms. The summed E-state index contributed by atoms with van der Waals surface area (Å²) in [5.74, 6) is -0.0703. The van der Waals surface area contributed by atoms with Crippen LogP contribution in [0.1, 0.15) is 25.8 Å². The summed E-state index contributed by atoms with van der Waals surface area (Å²) in [6.07, 6.45) is 1.78. The zero-order chi connectivity index (χ0) is 18.9. The lowest BCUT2D eigenvalue weighted by atomic mass is 9.99. The monoisotopic (exact) mass is 392 g/mol. The summed E-state index contributed by atoms with van der Waals surface area (Å²) < 4.78 is 27.7. The minimum atomic E-state index is -3.72. The van der Waals surface area contributed by atoms with E-state index in [2.05, 4.69) is 4.72 Å². The normalized spacial score (nSPS) is 14.2. The van der Waals surface area contributed by atoms with E-state index < -0.39 is 10.0 Å². The van der Waals surface area contributed by atoms with Crippen molar-refractivity contribution in [1.82, 2.24) is 0 Å². The third-order valence-electron chi connectivity index (χ3n) is 4.34. The van der Waals surface area contributed by atoms with Crippen LogP contribution in [0.5, 0.6) is 0 Å². The fourth-order valence-corrected chi connectivity index (χ4v) is 4.18. The van der Waals surface area contributed by atoms with Crippen molar-refractivity contribution >= 4 is 38.9 Å². The maximum Gasteiger partial charge on any atom is 0.261 e. The van der Waals surface area contributed by atoms with E-state index in [9.17, 15) is 13.2 Å². The largest absolute Gasteiger partial charge is 0.312 e. The van der Waals surface area contributed by atoms with Gasteiger partial charge in [0.2, 0.25) is 5.91 Å². The van der Waals surface area contributed by atoms with Crippen molar-refractivity contribution in [2.45, 2.75) is 31.6 Å². The van der Waals surface area contributed by atoms with Gasteiger partial charge in [-0.2, -0.15) is 0 Å². The van der Waals surface area contributed by atoms with Crippen molar-refractivity contribution in [3.05, 3.63) is 53.1 Å². The first-order chi connectivity index (χ1) is 12.3. The van der Waals surface area contributed by atoms with E-state index in [1.54, 1.807) is 17.0 Å². The molecule has 0 bridgehead atoms. The summed E-state index contributed by atoms with van der Waals surface area (Å²) in [6.45, 7) is 4.38. The van der Waals surface area contributed by atoms with Gasteiger partial charge < -0.3 is 4.90 Å². The molecule has 0 saturated carbocycles. The lowest BCUT2D eigenvalue weighted by molar-refractivity contribution is -0.121. The van der Waals surface area contributed by atoms with Gasteiger partial charge in [-0.1, -0.05) is 31.5 Å². The highest BCUT2D eigenvalue weighted by Crippen LogP contribution is 2.32. The van der Waals surface area contributed by atoms with Crippen molar-refractivity contribution < 1.29 is 13.2 Å². The molecule has 0 fully saturated rings. The van der Waals surface area contributed by atoms with Crippen molar-refractivity contribution in [2.24, 2.45) is 5.92 Å². The predicted molar refractivity (Wildman–Crippen MR) is 104 cm³/mol. The second kappa shape index (κ2) is 7.29. The van der Waals surface area contributed by atoms with Gasteiger partial charge in [-0.3, -0.25) is 9.52 Å². The Kier molecular flexibility index (Phi) is 5.25. The lowest BCUT2D eigenvalue weighted by Gasteiger charge is -2.31. The van der Waals surface area contributed by atoms with Gasteiger partial charge in [0.1, 0.15) is 0 Å². The van der Waals surface area contributed by atoms with Gasteiger partial charge in [0.15, 0.2) is 0 Å². The Morgan fingerprint density at radius 1 is 1.15 bits per heavy atom. The molecule has 5 nitrogen and oxygen atoms in total. The highest BCUT2D eigenvalue weighted by Gasteiger charge is 2.25. The van der Waals surface area contributed by atoms with Gasteiger partial charge in [-0.15, -0.1) is 0 Å². The summed E-state index contributed by atoms with van der Waals surface area (Å²) in [6, 6.07) is 11.3. The van der Waals surface area contributed by atoms with Gasteiger partial charge in [-0.05, 0) is 54.8 Å². The maximum atomic E-state index is 12.6. The molecule has 0 saturated heterocycles. The third-order valence-corrected chi connectivity index (χ3v) is 5.99. The van der Waals surface area contributed by atoms with E-state index >= 15 is 0 Å². The molecule has 1 amide bonds. The Morgan fingerprint density at radius 2 is 1.85 bits per heavy atom. The highest BCUT2D eigenvalue weighted by atomic mass is 35.5. The maximum absolute atomic E-state index is 12.6. The van der Waals surface area contributed by atoms with Crippen LogP contribution in [0.3, 0.4) is 0 Å². The van der Waals surface area contributed by atoms with Crippen molar-refractivity contribution in [3.63, 3.8) is 0 Å². The molecule has 1 N–H and O–H groups in total. The van der Waals surface area contributed by atoms with Crippen LogP contribution >= 0.6 is 11.6 Å². The topological polar surface area (TPSA) is 66.5 Å². The van der Waals surface area contributed by atoms with Crippen LogP contribution in [0.2, 0.25) is 5.02 Å². The minimum Gasteiger partial charge on any atom is -0.312 e. The second-order valence-electron chi connectivity index (χ2n) is 6.65. The number of nitrogens with zero attached hydrogens (tertiary/aromatic N) is 1. The molecule has 138 valence electrons. The van der Waals surface area contributed by atoms with Gasteiger partial charge in [0.25, 0.3) is 10.0 Å². The van der Waals surface area contributed by atoms with Gasteiger partial charge in [0.05, 0.1) is 10.6 Å². The van der Waals surface area contributed by atoms with Crippen LogP contribution in [0.25, 0.3) is 0 Å². The molecule has 0 unspecified atom stereocenters. The number of benzene rings is 2. The molecule has 7 heteroatoms. The van der Waals surface area contributed by atoms with Crippen LogP contribution < -0.4 is 9.62 Å². The Hall–Kier alpha value is -2.05. The SMILES string of the molecule is CC(C)C(=O)N1CCCc2ccc(NS(=O)(=O)c3ccc(Cl)cc3)cc21. The van der Waals surface area contributed by atoms with E-state index in [-0.39, 0.29) is 16.7 Å². The predicted octanol–water partition coefficient (Wildman–Crippen LogP) is 4.08. The average Bonchev–Trinajstić information content (AvgIpc) is 2.60. The number of amides is 1. The lowest BCUT2D eigenvalue weighted by Crippen LogP contribution is -2.38. The smallest absolute Gasteiger partial charge is 0.261 e. The summed E-state index contributed by atoms with van der Waals surface area (Å²) in [5, 5.41) is 0.473. The number of hydrogen-bond acceptors (Lipinski definition) is 3. The quantitative estimate of drug-likeness (QED) is 0.852. The molecule has 0 radical (unpaired) electrons. The number of aryl methyl sites for hydroxylation is 1. The number of hydrogen-bond donors (Lipinski definition) is 1. The fourth-order valence-electron chi connectivity index (χ4n) is 3.01. The van der Waals surface area contributed by atoms with Gasteiger partial charge >= 0.3 is 0 Å². The first-order valence-corrected chi connectivity index (χ1v) is 10.4. The Bertz CT molecular complexity index is 924. The van der Waals surface area contributed by atoms with Crippen molar-refractivity contribution in [1.29, 1.82) is 0 Å². The van der Waals surface area contributed by atoms with Crippen LogP contribution in [-0.4, -0.2) is 20.9 Å². The number of rotatable bonds is 4. The minimum absolute atomic E-state index is 0.0451. The molecule has 2 aromatic carbocycles. The molecule has 26 heavy (non-hydrogen) atoms. The number of halogens is 1. The molecular formula is C19H21ClN2O3S. The van der Waals surface area contributed by atoms with E-state index in [0.717, 1.165) is 24.1 Å². The molecule has 1 heterocycles.